The number of aliphatic carboxylic acids is 1. The van der Waals surface area contributed by atoms with E-state index >= 15 is 0 Å². The van der Waals surface area contributed by atoms with Crippen LogP contribution in [0.3, 0.4) is 0 Å². The maximum atomic E-state index is 12.3. The Hall–Kier alpha value is -1.96. The Kier molecular flexibility index (Phi) is 5.70. The second-order valence-electron chi connectivity index (χ2n) is 5.26. The van der Waals surface area contributed by atoms with Crippen LogP contribution in [0.2, 0.25) is 5.02 Å². The topological polar surface area (TPSA) is 88.5 Å². The molecule has 0 saturated heterocycles. The lowest BCUT2D eigenvalue weighted by Crippen LogP contribution is -2.42. The fourth-order valence-electron chi connectivity index (χ4n) is 1.78. The first kappa shape index (κ1) is 17.4. The summed E-state index contributed by atoms with van der Waals surface area (Å²) in [6, 6.07) is -0.431. The number of carboxylic acid groups (broad SMARTS) is 1. The minimum absolute atomic E-state index is 0.0331. The molecule has 23 heavy (non-hydrogen) atoms. The van der Waals surface area contributed by atoms with Crippen molar-refractivity contribution in [2.75, 3.05) is 6.61 Å². The summed E-state index contributed by atoms with van der Waals surface area (Å²) < 4.78 is 30.0. The minimum atomic E-state index is -2.85. The predicted molar refractivity (Wildman–Crippen MR) is 77.0 cm³/mol. The third kappa shape index (κ3) is 5.31. The van der Waals surface area contributed by atoms with E-state index in [-0.39, 0.29) is 16.5 Å². The molecule has 1 unspecified atom stereocenters. The molecule has 1 aliphatic rings. The summed E-state index contributed by atoms with van der Waals surface area (Å²) in [5, 5.41) is 10.9. The highest BCUT2D eigenvalue weighted by atomic mass is 35.5. The number of halogens is 3. The van der Waals surface area contributed by atoms with Gasteiger partial charge < -0.3 is 15.2 Å². The zero-order valence-corrected chi connectivity index (χ0v) is 12.7. The SMILES string of the molecule is O=C(NC(CC(F)F)C(=O)O)c1cnc(OCC2CC2)c(Cl)c1. The number of pyridine rings is 1. The number of alkyl halides is 2. The fraction of sp³-hybridized carbons (Fsp3) is 0.500. The molecule has 1 aromatic heterocycles. The third-order valence-electron chi connectivity index (χ3n) is 3.24. The Morgan fingerprint density at radius 3 is 2.70 bits per heavy atom. The predicted octanol–water partition coefficient (Wildman–Crippen LogP) is 2.36. The largest absolute Gasteiger partial charge is 0.480 e. The summed E-state index contributed by atoms with van der Waals surface area (Å²) >= 11 is 5.96. The van der Waals surface area contributed by atoms with Gasteiger partial charge in [-0.3, -0.25) is 4.79 Å². The first-order valence-corrected chi connectivity index (χ1v) is 7.34. The average molecular weight is 349 g/mol. The molecule has 1 heterocycles. The molecule has 6 nitrogen and oxygen atoms in total. The van der Waals surface area contributed by atoms with E-state index in [0.29, 0.717) is 12.5 Å². The molecule has 0 radical (unpaired) electrons. The van der Waals surface area contributed by atoms with E-state index in [0.717, 1.165) is 19.0 Å². The van der Waals surface area contributed by atoms with E-state index in [9.17, 15) is 18.4 Å². The molecule has 2 rings (SSSR count). The van der Waals surface area contributed by atoms with Gasteiger partial charge in [0.05, 0.1) is 12.2 Å². The van der Waals surface area contributed by atoms with Crippen molar-refractivity contribution in [1.82, 2.24) is 10.3 Å². The molecule has 1 aliphatic carbocycles. The summed E-state index contributed by atoms with van der Waals surface area (Å²) in [4.78, 5) is 26.7. The van der Waals surface area contributed by atoms with Crippen LogP contribution >= 0.6 is 11.6 Å². The highest BCUT2D eigenvalue weighted by Gasteiger charge is 2.25. The standard InChI is InChI=1S/C14H15ClF2N2O4/c15-9-3-8(5-18-13(9)23-6-7-1-2-7)12(20)19-10(14(21)22)4-11(16)17/h3,5,7,10-11H,1-2,4,6H2,(H,19,20)(H,21,22). The molecule has 0 bridgehead atoms. The second kappa shape index (κ2) is 7.54. The summed E-state index contributed by atoms with van der Waals surface area (Å²) in [5.41, 5.74) is -0.0331. The minimum Gasteiger partial charge on any atom is -0.480 e. The molecule has 1 fully saturated rings. The third-order valence-corrected chi connectivity index (χ3v) is 3.51. The van der Waals surface area contributed by atoms with E-state index < -0.39 is 30.8 Å². The Morgan fingerprint density at radius 2 is 2.17 bits per heavy atom. The van der Waals surface area contributed by atoms with E-state index in [1.807, 2.05) is 5.32 Å². The van der Waals surface area contributed by atoms with E-state index in [4.69, 9.17) is 21.4 Å². The van der Waals surface area contributed by atoms with Crippen LogP contribution in [0.4, 0.5) is 8.78 Å². The monoisotopic (exact) mass is 348 g/mol. The number of carbonyl (C=O) groups excluding carboxylic acids is 1. The molecule has 1 aromatic rings. The van der Waals surface area contributed by atoms with Gasteiger partial charge in [-0.1, -0.05) is 11.6 Å². The molecule has 1 amide bonds. The highest BCUT2D eigenvalue weighted by Crippen LogP contribution is 2.31. The number of amides is 1. The number of nitrogens with zero attached hydrogens (tertiary/aromatic N) is 1. The molecule has 126 valence electrons. The quantitative estimate of drug-likeness (QED) is 0.753. The van der Waals surface area contributed by atoms with Gasteiger partial charge in [-0.25, -0.2) is 18.6 Å². The first-order chi connectivity index (χ1) is 10.9. The number of hydrogen-bond acceptors (Lipinski definition) is 4. The summed E-state index contributed by atoms with van der Waals surface area (Å²) in [6.07, 6.45) is -0.482. The summed E-state index contributed by atoms with van der Waals surface area (Å²) in [5.74, 6) is -1.71. The van der Waals surface area contributed by atoms with Gasteiger partial charge in [0.2, 0.25) is 12.3 Å². The molecule has 1 atom stereocenters. The van der Waals surface area contributed by atoms with Gasteiger partial charge in [0.15, 0.2) is 0 Å². The van der Waals surface area contributed by atoms with Crippen LogP contribution in [0.1, 0.15) is 29.6 Å². The lowest BCUT2D eigenvalue weighted by molar-refractivity contribution is -0.140. The normalized spacial score (nSPS) is 15.3. The highest BCUT2D eigenvalue weighted by molar-refractivity contribution is 6.32. The number of carbonyl (C=O) groups is 2. The molecular weight excluding hydrogens is 334 g/mol. The van der Waals surface area contributed by atoms with Crippen molar-refractivity contribution in [1.29, 1.82) is 0 Å². The van der Waals surface area contributed by atoms with E-state index in [1.165, 1.54) is 6.07 Å². The number of carboxylic acids is 1. The molecule has 9 heteroatoms. The number of aromatic nitrogens is 1. The van der Waals surface area contributed by atoms with Gasteiger partial charge >= 0.3 is 5.97 Å². The van der Waals surface area contributed by atoms with Gasteiger partial charge in [-0.15, -0.1) is 0 Å². The first-order valence-electron chi connectivity index (χ1n) is 6.97. The molecule has 0 spiro atoms. The number of hydrogen-bond donors (Lipinski definition) is 2. The summed E-state index contributed by atoms with van der Waals surface area (Å²) in [7, 11) is 0. The lowest BCUT2D eigenvalue weighted by Gasteiger charge is -2.14. The van der Waals surface area contributed by atoms with Crippen molar-refractivity contribution in [2.24, 2.45) is 5.92 Å². The van der Waals surface area contributed by atoms with E-state index in [2.05, 4.69) is 4.98 Å². The van der Waals surface area contributed by atoms with Gasteiger partial charge in [0.25, 0.3) is 5.91 Å². The lowest BCUT2D eigenvalue weighted by atomic mass is 10.2. The summed E-state index contributed by atoms with van der Waals surface area (Å²) in [6.45, 7) is 0.494. The van der Waals surface area contributed by atoms with Crippen LogP contribution in [-0.2, 0) is 4.79 Å². The molecular formula is C14H15ClF2N2O4. The molecule has 0 aliphatic heterocycles. The van der Waals surface area contributed by atoms with Crippen LogP contribution in [0.5, 0.6) is 5.88 Å². The zero-order valence-electron chi connectivity index (χ0n) is 12.0. The van der Waals surface area contributed by atoms with Gasteiger partial charge in [-0.05, 0) is 24.8 Å². The number of nitrogens with one attached hydrogen (secondary N) is 1. The van der Waals surface area contributed by atoms with Gasteiger partial charge in [0, 0.05) is 12.6 Å². The maximum Gasteiger partial charge on any atom is 0.326 e. The Morgan fingerprint density at radius 1 is 1.48 bits per heavy atom. The Balaban J connectivity index is 2.00. The molecule has 0 aromatic carbocycles. The Labute approximate surface area is 135 Å². The van der Waals surface area contributed by atoms with Crippen LogP contribution in [-0.4, -0.2) is 41.0 Å². The van der Waals surface area contributed by atoms with Crippen molar-refractivity contribution in [3.8, 4) is 5.88 Å². The zero-order chi connectivity index (χ0) is 17.0. The smallest absolute Gasteiger partial charge is 0.326 e. The van der Waals surface area contributed by atoms with Crippen LogP contribution in [0, 0.1) is 5.92 Å². The van der Waals surface area contributed by atoms with Crippen molar-refractivity contribution in [3.63, 3.8) is 0 Å². The molecule has 2 N–H and O–H groups in total. The van der Waals surface area contributed by atoms with Gasteiger partial charge in [-0.2, -0.15) is 0 Å². The van der Waals surface area contributed by atoms with Crippen molar-refractivity contribution < 1.29 is 28.2 Å². The van der Waals surface area contributed by atoms with Crippen LogP contribution in [0.25, 0.3) is 0 Å². The molecule has 1 saturated carbocycles. The van der Waals surface area contributed by atoms with Crippen molar-refractivity contribution >= 4 is 23.5 Å². The van der Waals surface area contributed by atoms with Crippen molar-refractivity contribution in [3.05, 3.63) is 22.8 Å². The fourth-order valence-corrected chi connectivity index (χ4v) is 2.00. The van der Waals surface area contributed by atoms with Gasteiger partial charge in [0.1, 0.15) is 11.1 Å². The maximum absolute atomic E-state index is 12.3. The number of rotatable bonds is 8. The number of ether oxygens (including phenoxy) is 1. The van der Waals surface area contributed by atoms with Crippen molar-refractivity contribution in [2.45, 2.75) is 31.7 Å². The Bertz CT molecular complexity index is 596. The van der Waals surface area contributed by atoms with Crippen LogP contribution in [0.15, 0.2) is 12.3 Å². The second-order valence-corrected chi connectivity index (χ2v) is 5.66. The van der Waals surface area contributed by atoms with E-state index in [1.54, 1.807) is 0 Å². The van der Waals surface area contributed by atoms with Crippen LogP contribution < -0.4 is 10.1 Å². The average Bonchev–Trinajstić information content (AvgIpc) is 3.28.